The van der Waals surface area contributed by atoms with Gasteiger partial charge in [0.05, 0.1) is 5.56 Å². The molecule has 2 saturated heterocycles. The first-order valence-corrected chi connectivity index (χ1v) is 6.95. The third-order valence-electron chi connectivity index (χ3n) is 4.66. The summed E-state index contributed by atoms with van der Waals surface area (Å²) in [7, 11) is 0. The van der Waals surface area contributed by atoms with Crippen LogP contribution in [0.4, 0.5) is 8.78 Å². The predicted octanol–water partition coefficient (Wildman–Crippen LogP) is 2.72. The lowest BCUT2D eigenvalue weighted by atomic mass is 9.81. The van der Waals surface area contributed by atoms with Crippen molar-refractivity contribution in [2.45, 2.75) is 44.2 Å². The Morgan fingerprint density at radius 3 is 2.84 bits per heavy atom. The summed E-state index contributed by atoms with van der Waals surface area (Å²) >= 11 is 0. The summed E-state index contributed by atoms with van der Waals surface area (Å²) < 4.78 is 28.4. The van der Waals surface area contributed by atoms with Crippen LogP contribution >= 0.6 is 0 Å². The number of hydrogen-bond donors (Lipinski definition) is 1. The van der Waals surface area contributed by atoms with Crippen LogP contribution in [0.15, 0.2) is 12.1 Å². The summed E-state index contributed by atoms with van der Waals surface area (Å²) in [5.41, 5.74) is -1.11. The van der Waals surface area contributed by atoms with Gasteiger partial charge < -0.3 is 5.11 Å². The van der Waals surface area contributed by atoms with Crippen LogP contribution in [0.1, 0.15) is 36.8 Å². The van der Waals surface area contributed by atoms with Crippen molar-refractivity contribution in [1.82, 2.24) is 4.90 Å². The van der Waals surface area contributed by atoms with Crippen molar-refractivity contribution < 1.29 is 13.9 Å². The van der Waals surface area contributed by atoms with Gasteiger partial charge in [-0.05, 0) is 44.4 Å². The SMILES string of the molecule is Cc1ccc(F)c(C2(O)CCN3CCCCC32)c1F. The monoisotopic (exact) mass is 267 g/mol. The summed E-state index contributed by atoms with van der Waals surface area (Å²) in [6.45, 7) is 3.24. The Kier molecular flexibility index (Phi) is 3.10. The molecule has 0 aliphatic carbocycles. The first-order chi connectivity index (χ1) is 9.04. The maximum absolute atomic E-state index is 14.3. The standard InChI is InChI=1S/C15H19F2NO/c1-10-5-6-11(16)13(14(10)17)15(19)7-9-18-8-3-2-4-12(15)18/h5-6,12,19H,2-4,7-9H2,1H3. The Morgan fingerprint density at radius 1 is 1.26 bits per heavy atom. The summed E-state index contributed by atoms with van der Waals surface area (Å²) in [6, 6.07) is 2.54. The smallest absolute Gasteiger partial charge is 0.135 e. The number of aliphatic hydroxyl groups is 1. The second kappa shape index (κ2) is 4.53. The lowest BCUT2D eigenvalue weighted by molar-refractivity contribution is -0.0193. The van der Waals surface area contributed by atoms with Crippen molar-refractivity contribution in [3.8, 4) is 0 Å². The zero-order valence-corrected chi connectivity index (χ0v) is 11.1. The van der Waals surface area contributed by atoms with E-state index in [1.165, 1.54) is 12.1 Å². The molecule has 0 radical (unpaired) electrons. The van der Waals surface area contributed by atoms with Gasteiger partial charge in [0, 0.05) is 12.6 Å². The fourth-order valence-corrected chi connectivity index (χ4v) is 3.63. The van der Waals surface area contributed by atoms with Crippen LogP contribution < -0.4 is 0 Å². The Balaban J connectivity index is 2.08. The molecule has 19 heavy (non-hydrogen) atoms. The molecule has 0 amide bonds. The van der Waals surface area contributed by atoms with E-state index in [9.17, 15) is 13.9 Å². The van der Waals surface area contributed by atoms with Gasteiger partial charge in [-0.3, -0.25) is 4.90 Å². The molecular weight excluding hydrogens is 248 g/mol. The maximum Gasteiger partial charge on any atom is 0.135 e. The zero-order chi connectivity index (χ0) is 13.6. The van der Waals surface area contributed by atoms with E-state index in [-0.39, 0.29) is 11.6 Å². The molecule has 104 valence electrons. The molecule has 2 nitrogen and oxygen atoms in total. The van der Waals surface area contributed by atoms with E-state index in [1.54, 1.807) is 6.92 Å². The number of rotatable bonds is 1. The van der Waals surface area contributed by atoms with Crippen LogP contribution in [0.2, 0.25) is 0 Å². The molecule has 4 heteroatoms. The summed E-state index contributed by atoms with van der Waals surface area (Å²) in [5, 5.41) is 10.9. The van der Waals surface area contributed by atoms with Gasteiger partial charge in [-0.15, -0.1) is 0 Å². The molecule has 0 bridgehead atoms. The molecule has 0 saturated carbocycles. The van der Waals surface area contributed by atoms with Gasteiger partial charge in [-0.2, -0.15) is 0 Å². The van der Waals surface area contributed by atoms with E-state index in [0.29, 0.717) is 18.5 Å². The van der Waals surface area contributed by atoms with Crippen LogP contribution in [0.25, 0.3) is 0 Å². The topological polar surface area (TPSA) is 23.5 Å². The maximum atomic E-state index is 14.3. The van der Waals surface area contributed by atoms with E-state index in [1.807, 2.05) is 0 Å². The van der Waals surface area contributed by atoms with Gasteiger partial charge in [0.15, 0.2) is 0 Å². The van der Waals surface area contributed by atoms with E-state index < -0.39 is 17.2 Å². The number of hydrogen-bond acceptors (Lipinski definition) is 2. The number of aryl methyl sites for hydroxylation is 1. The highest BCUT2D eigenvalue weighted by atomic mass is 19.1. The van der Waals surface area contributed by atoms with Gasteiger partial charge >= 0.3 is 0 Å². The first-order valence-electron chi connectivity index (χ1n) is 6.95. The van der Waals surface area contributed by atoms with Crippen molar-refractivity contribution in [3.05, 3.63) is 34.9 Å². The van der Waals surface area contributed by atoms with Crippen molar-refractivity contribution >= 4 is 0 Å². The highest BCUT2D eigenvalue weighted by Gasteiger charge is 2.50. The van der Waals surface area contributed by atoms with Gasteiger partial charge in [0.25, 0.3) is 0 Å². The molecule has 2 aliphatic heterocycles. The fourth-order valence-electron chi connectivity index (χ4n) is 3.63. The molecule has 0 aromatic heterocycles. The Labute approximate surface area is 112 Å². The molecule has 1 aromatic carbocycles. The number of fused-ring (bicyclic) bond motifs is 1. The average Bonchev–Trinajstić information content (AvgIpc) is 2.74. The third-order valence-corrected chi connectivity index (χ3v) is 4.66. The molecule has 1 aromatic rings. The fraction of sp³-hybridized carbons (Fsp3) is 0.600. The van der Waals surface area contributed by atoms with Crippen LogP contribution in [-0.4, -0.2) is 29.1 Å². The first kappa shape index (κ1) is 13.0. The molecule has 2 unspecified atom stereocenters. The normalized spacial score (nSPS) is 31.5. The minimum atomic E-state index is -1.37. The number of nitrogens with zero attached hydrogens (tertiary/aromatic N) is 1. The number of benzene rings is 1. The Morgan fingerprint density at radius 2 is 2.05 bits per heavy atom. The van der Waals surface area contributed by atoms with E-state index in [4.69, 9.17) is 0 Å². The van der Waals surface area contributed by atoms with Gasteiger partial charge in [-0.25, -0.2) is 8.78 Å². The van der Waals surface area contributed by atoms with Crippen molar-refractivity contribution in [1.29, 1.82) is 0 Å². The second-order valence-corrected chi connectivity index (χ2v) is 5.78. The Hall–Kier alpha value is -1.00. The Bertz CT molecular complexity index is 505. The zero-order valence-electron chi connectivity index (χ0n) is 11.1. The van der Waals surface area contributed by atoms with E-state index in [2.05, 4.69) is 4.90 Å². The van der Waals surface area contributed by atoms with Gasteiger partial charge in [0.1, 0.15) is 17.2 Å². The lowest BCUT2D eigenvalue weighted by Crippen LogP contribution is -2.46. The minimum Gasteiger partial charge on any atom is -0.383 e. The molecule has 2 heterocycles. The van der Waals surface area contributed by atoms with Crippen molar-refractivity contribution in [2.75, 3.05) is 13.1 Å². The van der Waals surface area contributed by atoms with E-state index in [0.717, 1.165) is 25.8 Å². The van der Waals surface area contributed by atoms with E-state index >= 15 is 0 Å². The number of piperidine rings is 1. The molecule has 3 rings (SSSR count). The van der Waals surface area contributed by atoms with Crippen LogP contribution in [-0.2, 0) is 5.60 Å². The largest absolute Gasteiger partial charge is 0.383 e. The summed E-state index contributed by atoms with van der Waals surface area (Å²) in [5.74, 6) is -1.21. The van der Waals surface area contributed by atoms with Crippen molar-refractivity contribution in [2.24, 2.45) is 0 Å². The van der Waals surface area contributed by atoms with Gasteiger partial charge in [0.2, 0.25) is 0 Å². The predicted molar refractivity (Wildman–Crippen MR) is 68.8 cm³/mol. The molecule has 2 aliphatic rings. The molecule has 2 atom stereocenters. The molecule has 2 fully saturated rings. The third kappa shape index (κ3) is 1.89. The van der Waals surface area contributed by atoms with Crippen LogP contribution in [0.5, 0.6) is 0 Å². The lowest BCUT2D eigenvalue weighted by Gasteiger charge is -2.38. The number of halogens is 2. The van der Waals surface area contributed by atoms with Crippen LogP contribution in [0, 0.1) is 18.6 Å². The molecule has 1 N–H and O–H groups in total. The average molecular weight is 267 g/mol. The minimum absolute atomic E-state index is 0.123. The van der Waals surface area contributed by atoms with Crippen LogP contribution in [0.3, 0.4) is 0 Å². The summed E-state index contributed by atoms with van der Waals surface area (Å²) in [4.78, 5) is 2.17. The van der Waals surface area contributed by atoms with Crippen molar-refractivity contribution in [3.63, 3.8) is 0 Å². The highest BCUT2D eigenvalue weighted by molar-refractivity contribution is 5.34. The highest BCUT2D eigenvalue weighted by Crippen LogP contribution is 2.44. The molecule has 0 spiro atoms. The second-order valence-electron chi connectivity index (χ2n) is 5.78. The van der Waals surface area contributed by atoms with Gasteiger partial charge in [-0.1, -0.05) is 12.5 Å². The quantitative estimate of drug-likeness (QED) is 0.845. The summed E-state index contributed by atoms with van der Waals surface area (Å²) in [6.07, 6.45) is 3.34. The molecular formula is C15H19F2NO.